The maximum atomic E-state index is 11.6. The van der Waals surface area contributed by atoms with Crippen molar-refractivity contribution in [2.45, 2.75) is 62.2 Å². The first-order valence-corrected chi connectivity index (χ1v) is 9.42. The molecule has 0 aromatic heterocycles. The Kier molecular flexibility index (Phi) is 9.90. The fraction of sp³-hybridized carbons (Fsp3) is 0.750. The largest absolute Gasteiger partial charge is 0.463 e. The summed E-state index contributed by atoms with van der Waals surface area (Å²) in [6.07, 6.45) is -6.55. The summed E-state index contributed by atoms with van der Waals surface area (Å²) in [6.45, 7) is 3.61. The first kappa shape index (κ1) is 25.7. The zero-order valence-electron chi connectivity index (χ0n) is 16.0. The predicted octanol–water partition coefficient (Wildman–Crippen LogP) is 1.46. The zero-order chi connectivity index (χ0) is 22.4. The molecule has 5 atom stereocenters. The van der Waals surface area contributed by atoms with Gasteiger partial charge in [-0.05, 0) is 0 Å². The van der Waals surface area contributed by atoms with Crippen LogP contribution in [0.25, 0.3) is 0 Å². The van der Waals surface area contributed by atoms with Gasteiger partial charge in [-0.1, -0.05) is 34.8 Å². The molecule has 0 aliphatic carbocycles. The van der Waals surface area contributed by atoms with Gasteiger partial charge in [-0.25, -0.2) is 0 Å². The fourth-order valence-electron chi connectivity index (χ4n) is 2.50. The lowest BCUT2D eigenvalue weighted by Crippen LogP contribution is -2.63. The van der Waals surface area contributed by atoms with Crippen molar-refractivity contribution in [3.63, 3.8) is 0 Å². The first-order chi connectivity index (χ1) is 13.3. The molecular weight excluding hydrogens is 459 g/mol. The van der Waals surface area contributed by atoms with Crippen LogP contribution in [0.4, 0.5) is 0 Å². The van der Waals surface area contributed by atoms with Crippen LogP contribution in [-0.4, -0.2) is 71.6 Å². The minimum Gasteiger partial charge on any atom is -0.463 e. The molecule has 1 aliphatic rings. The number of rotatable bonds is 7. The molecule has 1 heterocycles. The van der Waals surface area contributed by atoms with E-state index in [4.69, 9.17) is 63.2 Å². The molecule has 1 saturated heterocycles. The molecule has 1 rings (SSSR count). The molecule has 10 nitrogen and oxygen atoms in total. The van der Waals surface area contributed by atoms with Crippen molar-refractivity contribution < 1.29 is 47.6 Å². The monoisotopic (exact) mass is 478 g/mol. The van der Waals surface area contributed by atoms with Crippen LogP contribution in [0.1, 0.15) is 27.7 Å². The van der Waals surface area contributed by atoms with Crippen molar-refractivity contribution in [1.29, 1.82) is 0 Å². The lowest BCUT2D eigenvalue weighted by Gasteiger charge is -2.44. The second kappa shape index (κ2) is 11.2. The molecule has 166 valence electrons. The highest BCUT2D eigenvalue weighted by atomic mass is 35.6. The lowest BCUT2D eigenvalue weighted by atomic mass is 9.98. The Morgan fingerprint density at radius 1 is 0.793 bits per heavy atom. The number of ether oxygens (including phenoxy) is 6. The van der Waals surface area contributed by atoms with E-state index in [1.54, 1.807) is 0 Å². The van der Waals surface area contributed by atoms with E-state index in [1.807, 2.05) is 0 Å². The summed E-state index contributed by atoms with van der Waals surface area (Å²) < 4.78 is 29.7. The van der Waals surface area contributed by atoms with E-state index in [9.17, 15) is 19.2 Å². The Bertz CT molecular complexity index is 621. The van der Waals surface area contributed by atoms with Crippen LogP contribution < -0.4 is 0 Å². The van der Waals surface area contributed by atoms with Crippen molar-refractivity contribution >= 4 is 58.7 Å². The van der Waals surface area contributed by atoms with Crippen LogP contribution in [0.15, 0.2) is 0 Å². The van der Waals surface area contributed by atoms with Crippen LogP contribution in [-0.2, 0) is 47.6 Å². The van der Waals surface area contributed by atoms with Gasteiger partial charge in [-0.15, -0.1) is 0 Å². The van der Waals surface area contributed by atoms with Crippen LogP contribution in [0.5, 0.6) is 0 Å². The summed E-state index contributed by atoms with van der Waals surface area (Å²) in [5.41, 5.74) is 0. The van der Waals surface area contributed by atoms with E-state index in [0.29, 0.717) is 0 Å². The molecule has 0 radical (unpaired) electrons. The quantitative estimate of drug-likeness (QED) is 0.301. The van der Waals surface area contributed by atoms with Gasteiger partial charge in [-0.3, -0.25) is 19.2 Å². The minimum absolute atomic E-state index is 0.383. The zero-order valence-corrected chi connectivity index (χ0v) is 18.3. The van der Waals surface area contributed by atoms with Gasteiger partial charge >= 0.3 is 23.9 Å². The van der Waals surface area contributed by atoms with E-state index in [2.05, 4.69) is 0 Å². The Labute approximate surface area is 181 Å². The normalized spacial score (nSPS) is 26.9. The Morgan fingerprint density at radius 3 is 1.72 bits per heavy atom. The average Bonchev–Trinajstić information content (AvgIpc) is 2.53. The van der Waals surface area contributed by atoms with Crippen molar-refractivity contribution in [3.8, 4) is 0 Å². The van der Waals surface area contributed by atoms with Gasteiger partial charge in [0.2, 0.25) is 3.79 Å². The Balaban J connectivity index is 3.28. The molecule has 0 aromatic carbocycles. The van der Waals surface area contributed by atoms with Gasteiger partial charge in [0.05, 0.1) is 6.61 Å². The number of alkyl halides is 3. The highest BCUT2D eigenvalue weighted by molar-refractivity contribution is 6.67. The third kappa shape index (κ3) is 9.35. The average molecular weight is 480 g/mol. The molecule has 0 N–H and O–H groups in total. The molecule has 29 heavy (non-hydrogen) atoms. The number of carbonyl (C=O) groups excluding carboxylic acids is 4. The highest BCUT2D eigenvalue weighted by Gasteiger charge is 2.53. The van der Waals surface area contributed by atoms with Gasteiger partial charge in [-0.2, -0.15) is 0 Å². The smallest absolute Gasteiger partial charge is 0.303 e. The van der Waals surface area contributed by atoms with Crippen LogP contribution in [0, 0.1) is 0 Å². The molecule has 0 bridgehead atoms. The van der Waals surface area contributed by atoms with Crippen molar-refractivity contribution in [2.75, 3.05) is 13.2 Å². The van der Waals surface area contributed by atoms with Crippen molar-refractivity contribution in [1.82, 2.24) is 0 Å². The van der Waals surface area contributed by atoms with E-state index in [-0.39, 0.29) is 6.61 Å². The molecule has 0 unspecified atom stereocenters. The predicted molar refractivity (Wildman–Crippen MR) is 98.2 cm³/mol. The second-order valence-electron chi connectivity index (χ2n) is 5.99. The SMILES string of the molecule is CC(=O)OC[C@H]1O[C@H](OCC(Cl)(Cl)Cl)[C@H](OC(C)=O)[C@@H](OC(C)=O)[C@H]1OC(C)=O. The van der Waals surface area contributed by atoms with Gasteiger partial charge < -0.3 is 28.4 Å². The topological polar surface area (TPSA) is 124 Å². The summed E-state index contributed by atoms with van der Waals surface area (Å²) in [5, 5.41) is 0. The summed E-state index contributed by atoms with van der Waals surface area (Å²) in [4.78, 5) is 46.0. The standard InChI is InChI=1S/C16H21Cl3O10/c1-7(20)24-5-11-12(26-8(2)21)13(27-9(3)22)14(28-10(4)23)15(29-11)25-6-16(17,18)19/h11-15H,5-6H2,1-4H3/t11-,12+,13+,14-,15+/m1/s1. The van der Waals surface area contributed by atoms with Crippen LogP contribution >= 0.6 is 34.8 Å². The second-order valence-corrected chi connectivity index (χ2v) is 8.51. The van der Waals surface area contributed by atoms with Gasteiger partial charge in [0.15, 0.2) is 24.6 Å². The van der Waals surface area contributed by atoms with E-state index in [0.717, 1.165) is 27.7 Å². The molecule has 0 amide bonds. The highest BCUT2D eigenvalue weighted by Crippen LogP contribution is 2.32. The molecule has 1 fully saturated rings. The third-order valence-corrected chi connectivity index (χ3v) is 3.69. The van der Waals surface area contributed by atoms with E-state index >= 15 is 0 Å². The molecule has 0 saturated carbocycles. The third-order valence-electron chi connectivity index (χ3n) is 3.36. The number of hydrogen-bond donors (Lipinski definition) is 0. The summed E-state index contributed by atoms with van der Waals surface area (Å²) in [5.74, 6) is -2.92. The summed E-state index contributed by atoms with van der Waals surface area (Å²) in [7, 11) is 0. The van der Waals surface area contributed by atoms with Crippen LogP contribution in [0.3, 0.4) is 0 Å². The van der Waals surface area contributed by atoms with Crippen LogP contribution in [0.2, 0.25) is 0 Å². The lowest BCUT2D eigenvalue weighted by molar-refractivity contribution is -0.307. The maximum Gasteiger partial charge on any atom is 0.303 e. The van der Waals surface area contributed by atoms with Crippen molar-refractivity contribution in [3.05, 3.63) is 0 Å². The number of hydrogen-bond acceptors (Lipinski definition) is 10. The van der Waals surface area contributed by atoms with E-state index in [1.165, 1.54) is 0 Å². The Morgan fingerprint density at radius 2 is 1.28 bits per heavy atom. The minimum atomic E-state index is -1.83. The van der Waals surface area contributed by atoms with Gasteiger partial charge in [0.25, 0.3) is 0 Å². The molecular formula is C16H21Cl3O10. The van der Waals surface area contributed by atoms with Gasteiger partial charge in [0.1, 0.15) is 12.7 Å². The summed E-state index contributed by atoms with van der Waals surface area (Å²) >= 11 is 17.0. The number of halogens is 3. The van der Waals surface area contributed by atoms with Gasteiger partial charge in [0, 0.05) is 27.7 Å². The molecule has 1 aliphatic heterocycles. The molecule has 0 spiro atoms. The number of esters is 4. The number of carbonyl (C=O) groups is 4. The molecule has 13 heteroatoms. The Hall–Kier alpha value is -1.33. The van der Waals surface area contributed by atoms with Crippen molar-refractivity contribution in [2.24, 2.45) is 0 Å². The first-order valence-electron chi connectivity index (χ1n) is 8.29. The molecule has 0 aromatic rings. The summed E-state index contributed by atoms with van der Waals surface area (Å²) in [6, 6.07) is 0. The maximum absolute atomic E-state index is 11.6. The van der Waals surface area contributed by atoms with E-state index < -0.39 is 65.0 Å². The fourth-order valence-corrected chi connectivity index (χ4v) is 2.69.